The quantitative estimate of drug-likeness (QED) is 0.483. The summed E-state index contributed by atoms with van der Waals surface area (Å²) in [7, 11) is 1.27. The maximum atomic E-state index is 11.3. The number of nitro groups is 1. The van der Waals surface area contributed by atoms with E-state index in [1.165, 1.54) is 37.4 Å². The van der Waals surface area contributed by atoms with Crippen molar-refractivity contribution in [2.75, 3.05) is 7.11 Å². The highest BCUT2D eigenvalue weighted by molar-refractivity contribution is 5.89. The molecule has 0 spiro atoms. The van der Waals surface area contributed by atoms with Crippen LogP contribution in [0.15, 0.2) is 36.4 Å². The summed E-state index contributed by atoms with van der Waals surface area (Å²) in [6.45, 7) is 0. The Bertz CT molecular complexity index is 765. The van der Waals surface area contributed by atoms with E-state index in [-0.39, 0.29) is 11.6 Å². The number of nitrogens with zero attached hydrogens (tertiary/aromatic N) is 3. The number of methoxy groups -OCH3 is 1. The molecule has 8 heteroatoms. The van der Waals surface area contributed by atoms with Gasteiger partial charge in [0.1, 0.15) is 11.8 Å². The van der Waals surface area contributed by atoms with Crippen LogP contribution in [-0.2, 0) is 4.74 Å². The van der Waals surface area contributed by atoms with Crippen molar-refractivity contribution in [2.45, 2.75) is 0 Å². The van der Waals surface area contributed by atoms with Gasteiger partial charge in [0.15, 0.2) is 0 Å². The smallest absolute Gasteiger partial charge is 0.337 e. The minimum absolute atomic E-state index is 0.0352. The molecule has 110 valence electrons. The van der Waals surface area contributed by atoms with Crippen molar-refractivity contribution in [3.05, 3.63) is 57.8 Å². The second-order valence-electron chi connectivity index (χ2n) is 4.00. The number of carbonyl (C=O) groups excluding carboxylic acids is 1. The van der Waals surface area contributed by atoms with Gasteiger partial charge in [0.25, 0.3) is 0 Å². The molecule has 0 saturated heterocycles. The van der Waals surface area contributed by atoms with Crippen LogP contribution in [0.3, 0.4) is 0 Å². The number of rotatable bonds is 4. The Morgan fingerprint density at radius 1 is 1.27 bits per heavy atom. The minimum Gasteiger partial charge on any atom is -0.465 e. The first kappa shape index (κ1) is 14.9. The molecule has 2 aromatic rings. The fraction of sp³-hybridized carbons (Fsp3) is 0.0714. The fourth-order valence-corrected chi connectivity index (χ4v) is 1.62. The summed E-state index contributed by atoms with van der Waals surface area (Å²) in [4.78, 5) is 25.1. The van der Waals surface area contributed by atoms with Gasteiger partial charge in [0.05, 0.1) is 17.6 Å². The van der Waals surface area contributed by atoms with Gasteiger partial charge in [-0.1, -0.05) is 0 Å². The summed E-state index contributed by atoms with van der Waals surface area (Å²) in [6.07, 6.45) is 0. The maximum Gasteiger partial charge on any atom is 0.337 e. The Morgan fingerprint density at radius 3 is 2.50 bits per heavy atom. The number of esters is 1. The summed E-state index contributed by atoms with van der Waals surface area (Å²) in [5.41, 5.74) is -0.381. The fourth-order valence-electron chi connectivity index (χ4n) is 1.62. The van der Waals surface area contributed by atoms with Gasteiger partial charge in [0.2, 0.25) is 11.6 Å². The van der Waals surface area contributed by atoms with Crippen LogP contribution in [0.1, 0.15) is 16.1 Å². The summed E-state index contributed by atoms with van der Waals surface area (Å²) in [6, 6.07) is 10.1. The molecule has 8 nitrogen and oxygen atoms in total. The van der Waals surface area contributed by atoms with Crippen molar-refractivity contribution in [1.29, 1.82) is 5.26 Å². The number of nitriles is 1. The van der Waals surface area contributed by atoms with Gasteiger partial charge in [-0.25, -0.2) is 4.79 Å². The molecule has 0 fully saturated rings. The molecule has 0 atom stereocenters. The van der Waals surface area contributed by atoms with Crippen LogP contribution in [0, 0.1) is 21.4 Å². The normalized spacial score (nSPS) is 9.64. The van der Waals surface area contributed by atoms with Crippen LogP contribution in [0.4, 0.5) is 5.69 Å². The first-order valence-electron chi connectivity index (χ1n) is 5.97. The molecule has 0 N–H and O–H groups in total. The summed E-state index contributed by atoms with van der Waals surface area (Å²) >= 11 is 0. The first-order chi connectivity index (χ1) is 10.5. The molecule has 0 saturated carbocycles. The first-order valence-corrected chi connectivity index (χ1v) is 5.97. The standard InChI is InChI=1S/C14H9N3O5/c1-21-14(18)9-2-4-10(5-3-9)22-13-7-6-12(17(19)20)11(8-15)16-13/h2-7H,1H3. The van der Waals surface area contributed by atoms with Gasteiger partial charge < -0.3 is 9.47 Å². The molecule has 1 aromatic heterocycles. The number of hydrogen-bond donors (Lipinski definition) is 0. The highest BCUT2D eigenvalue weighted by Gasteiger charge is 2.16. The van der Waals surface area contributed by atoms with E-state index in [0.29, 0.717) is 11.3 Å². The van der Waals surface area contributed by atoms with Crippen LogP contribution in [0.5, 0.6) is 11.6 Å². The molecule has 0 aliphatic heterocycles. The molecule has 0 aliphatic carbocycles. The maximum absolute atomic E-state index is 11.3. The van der Waals surface area contributed by atoms with E-state index in [4.69, 9.17) is 10.00 Å². The number of ether oxygens (including phenoxy) is 2. The van der Waals surface area contributed by atoms with E-state index < -0.39 is 16.6 Å². The van der Waals surface area contributed by atoms with Crippen LogP contribution in [0.25, 0.3) is 0 Å². The van der Waals surface area contributed by atoms with Gasteiger partial charge in [-0.2, -0.15) is 10.2 Å². The highest BCUT2D eigenvalue weighted by atomic mass is 16.6. The van der Waals surface area contributed by atoms with Gasteiger partial charge in [-0.05, 0) is 24.3 Å². The molecule has 0 radical (unpaired) electrons. The second kappa shape index (κ2) is 6.32. The van der Waals surface area contributed by atoms with Gasteiger partial charge >= 0.3 is 11.7 Å². The van der Waals surface area contributed by atoms with Gasteiger partial charge in [0, 0.05) is 12.1 Å². The van der Waals surface area contributed by atoms with Crippen molar-refractivity contribution in [1.82, 2.24) is 4.98 Å². The lowest BCUT2D eigenvalue weighted by Gasteiger charge is -2.05. The Labute approximate surface area is 124 Å². The van der Waals surface area contributed by atoms with E-state index in [1.54, 1.807) is 6.07 Å². The van der Waals surface area contributed by atoms with Crippen LogP contribution in [-0.4, -0.2) is 23.0 Å². The molecule has 0 unspecified atom stereocenters. The monoisotopic (exact) mass is 299 g/mol. The predicted octanol–water partition coefficient (Wildman–Crippen LogP) is 2.44. The average Bonchev–Trinajstić information content (AvgIpc) is 2.54. The van der Waals surface area contributed by atoms with Crippen LogP contribution < -0.4 is 4.74 Å². The zero-order valence-electron chi connectivity index (χ0n) is 11.3. The number of carbonyl (C=O) groups is 1. The van der Waals surface area contributed by atoms with Crippen molar-refractivity contribution >= 4 is 11.7 Å². The topological polar surface area (TPSA) is 115 Å². The lowest BCUT2D eigenvalue weighted by molar-refractivity contribution is -0.385. The largest absolute Gasteiger partial charge is 0.465 e. The molecule has 22 heavy (non-hydrogen) atoms. The van der Waals surface area contributed by atoms with Crippen molar-refractivity contribution in [3.8, 4) is 17.7 Å². The van der Waals surface area contributed by atoms with Crippen LogP contribution in [0.2, 0.25) is 0 Å². The van der Waals surface area contributed by atoms with Crippen molar-refractivity contribution in [2.24, 2.45) is 0 Å². The number of pyridine rings is 1. The lowest BCUT2D eigenvalue weighted by atomic mass is 10.2. The third-order valence-corrected chi connectivity index (χ3v) is 2.65. The molecule has 2 rings (SSSR count). The minimum atomic E-state index is -0.694. The molecular formula is C14H9N3O5. The molecule has 0 amide bonds. The van der Waals surface area contributed by atoms with Crippen molar-refractivity contribution < 1.29 is 19.2 Å². The third kappa shape index (κ3) is 3.16. The highest BCUT2D eigenvalue weighted by Crippen LogP contribution is 2.24. The molecular weight excluding hydrogens is 290 g/mol. The lowest BCUT2D eigenvalue weighted by Crippen LogP contribution is -2.00. The molecule has 1 aromatic carbocycles. The average molecular weight is 299 g/mol. The predicted molar refractivity (Wildman–Crippen MR) is 73.5 cm³/mol. The Morgan fingerprint density at radius 2 is 1.95 bits per heavy atom. The Balaban J connectivity index is 2.22. The SMILES string of the molecule is COC(=O)c1ccc(Oc2ccc([N+](=O)[O-])c(C#N)n2)cc1. The van der Waals surface area contributed by atoms with E-state index in [1.807, 2.05) is 0 Å². The van der Waals surface area contributed by atoms with Gasteiger partial charge in [-0.15, -0.1) is 0 Å². The summed E-state index contributed by atoms with van der Waals surface area (Å²) < 4.78 is 9.96. The Hall–Kier alpha value is -3.47. The van der Waals surface area contributed by atoms with Crippen molar-refractivity contribution in [3.63, 3.8) is 0 Å². The number of benzene rings is 1. The van der Waals surface area contributed by atoms with E-state index in [9.17, 15) is 14.9 Å². The number of hydrogen-bond acceptors (Lipinski definition) is 7. The second-order valence-corrected chi connectivity index (χ2v) is 4.00. The zero-order chi connectivity index (χ0) is 16.1. The van der Waals surface area contributed by atoms with E-state index in [2.05, 4.69) is 9.72 Å². The molecule has 1 heterocycles. The van der Waals surface area contributed by atoms with E-state index in [0.717, 1.165) is 6.07 Å². The molecule has 0 aliphatic rings. The van der Waals surface area contributed by atoms with Gasteiger partial charge in [-0.3, -0.25) is 10.1 Å². The summed E-state index contributed by atoms with van der Waals surface area (Å²) in [5, 5.41) is 19.6. The Kier molecular flexibility index (Phi) is 4.29. The third-order valence-electron chi connectivity index (χ3n) is 2.65. The van der Waals surface area contributed by atoms with Crippen LogP contribution >= 0.6 is 0 Å². The van der Waals surface area contributed by atoms with E-state index >= 15 is 0 Å². The molecule has 0 bridgehead atoms. The zero-order valence-corrected chi connectivity index (χ0v) is 11.3. The summed E-state index contributed by atoms with van der Waals surface area (Å²) in [5.74, 6) is -0.0855. The number of aromatic nitrogens is 1.